The number of likely N-dealkylation sites (N-methyl/N-ethyl adjacent to an activating group) is 1. The lowest BCUT2D eigenvalue weighted by molar-refractivity contribution is -0.153. The van der Waals surface area contributed by atoms with E-state index in [0.29, 0.717) is 12.6 Å². The molecule has 1 saturated heterocycles. The van der Waals surface area contributed by atoms with E-state index in [2.05, 4.69) is 10.2 Å². The first kappa shape index (κ1) is 15.8. The van der Waals surface area contributed by atoms with Gasteiger partial charge in [0.1, 0.15) is 5.54 Å². The topological polar surface area (TPSA) is 41.6 Å². The van der Waals surface area contributed by atoms with E-state index in [0.717, 1.165) is 19.3 Å². The van der Waals surface area contributed by atoms with Crippen LogP contribution in [0, 0.1) is 0 Å². The van der Waals surface area contributed by atoms with Gasteiger partial charge in [-0.1, -0.05) is 12.8 Å². The van der Waals surface area contributed by atoms with Crippen LogP contribution in [-0.2, 0) is 9.53 Å². The minimum Gasteiger partial charge on any atom is -0.465 e. The summed E-state index contributed by atoms with van der Waals surface area (Å²) in [6, 6.07) is 0.540. The Balaban J connectivity index is 2.03. The van der Waals surface area contributed by atoms with Crippen LogP contribution in [0.3, 0.4) is 0 Å². The van der Waals surface area contributed by atoms with Gasteiger partial charge in [-0.3, -0.25) is 4.79 Å². The highest BCUT2D eigenvalue weighted by atomic mass is 16.5. The summed E-state index contributed by atoms with van der Waals surface area (Å²) in [5.41, 5.74) is -0.453. The molecule has 1 aliphatic carbocycles. The summed E-state index contributed by atoms with van der Waals surface area (Å²) in [5, 5.41) is 3.29. The molecule has 2 aliphatic rings. The molecule has 4 heteroatoms. The second kappa shape index (κ2) is 7.41. The lowest BCUT2D eigenvalue weighted by Crippen LogP contribution is -2.58. The molecule has 0 aromatic carbocycles. The Labute approximate surface area is 123 Å². The van der Waals surface area contributed by atoms with Gasteiger partial charge in [-0.05, 0) is 65.6 Å². The third kappa shape index (κ3) is 3.53. The Hall–Kier alpha value is -0.610. The van der Waals surface area contributed by atoms with Crippen molar-refractivity contribution in [2.24, 2.45) is 0 Å². The Bertz CT molecular complexity index is 314. The number of hydrogen-bond acceptors (Lipinski definition) is 4. The van der Waals surface area contributed by atoms with E-state index in [9.17, 15) is 4.79 Å². The number of hydrogen-bond donors (Lipinski definition) is 1. The summed E-state index contributed by atoms with van der Waals surface area (Å²) >= 11 is 0. The SMILES string of the molecule is CCOC(=O)C1(NC)CCCC(N2CCCCCC2)C1. The molecule has 2 rings (SSSR count). The number of likely N-dealkylation sites (tertiary alicyclic amines) is 1. The molecular formula is C16H30N2O2. The molecule has 1 aliphatic heterocycles. The van der Waals surface area contributed by atoms with Gasteiger partial charge in [0.05, 0.1) is 6.61 Å². The predicted octanol–water partition coefficient (Wildman–Crippen LogP) is 2.33. The minimum absolute atomic E-state index is 0.0537. The molecule has 0 aromatic rings. The third-order valence-electron chi connectivity index (χ3n) is 5.03. The molecule has 0 amide bonds. The van der Waals surface area contributed by atoms with E-state index in [1.54, 1.807) is 0 Å². The van der Waals surface area contributed by atoms with Crippen molar-refractivity contribution < 1.29 is 9.53 Å². The van der Waals surface area contributed by atoms with Crippen molar-refractivity contribution in [3.8, 4) is 0 Å². The van der Waals surface area contributed by atoms with Gasteiger partial charge in [-0.2, -0.15) is 0 Å². The van der Waals surface area contributed by atoms with Gasteiger partial charge >= 0.3 is 5.97 Å². The number of ether oxygens (including phenoxy) is 1. The van der Waals surface area contributed by atoms with Crippen LogP contribution in [0.15, 0.2) is 0 Å². The minimum atomic E-state index is -0.453. The highest BCUT2D eigenvalue weighted by Crippen LogP contribution is 2.33. The predicted molar refractivity (Wildman–Crippen MR) is 80.7 cm³/mol. The van der Waals surface area contributed by atoms with Crippen LogP contribution < -0.4 is 5.32 Å². The molecule has 2 unspecified atom stereocenters. The standard InChI is InChI=1S/C16H30N2O2/c1-3-20-15(19)16(17-2)10-8-9-14(13-16)18-11-6-4-5-7-12-18/h14,17H,3-13H2,1-2H3. The fourth-order valence-electron chi connectivity index (χ4n) is 3.80. The number of esters is 1. The maximum Gasteiger partial charge on any atom is 0.326 e. The van der Waals surface area contributed by atoms with Gasteiger partial charge in [-0.15, -0.1) is 0 Å². The quantitative estimate of drug-likeness (QED) is 0.804. The highest BCUT2D eigenvalue weighted by molar-refractivity contribution is 5.81. The Morgan fingerprint density at radius 3 is 2.55 bits per heavy atom. The molecule has 2 atom stereocenters. The van der Waals surface area contributed by atoms with E-state index in [1.807, 2.05) is 14.0 Å². The van der Waals surface area contributed by atoms with Crippen LogP contribution in [-0.4, -0.2) is 49.2 Å². The average molecular weight is 282 g/mol. The molecule has 0 bridgehead atoms. The molecule has 0 spiro atoms. The third-order valence-corrected chi connectivity index (χ3v) is 5.03. The number of nitrogens with zero attached hydrogens (tertiary/aromatic N) is 1. The molecule has 116 valence electrons. The zero-order valence-corrected chi connectivity index (χ0v) is 13.1. The van der Waals surface area contributed by atoms with E-state index in [-0.39, 0.29) is 5.97 Å². The van der Waals surface area contributed by atoms with Crippen molar-refractivity contribution in [2.45, 2.75) is 69.9 Å². The van der Waals surface area contributed by atoms with Crippen LogP contribution in [0.2, 0.25) is 0 Å². The molecule has 1 saturated carbocycles. The van der Waals surface area contributed by atoms with Crippen LogP contribution in [0.25, 0.3) is 0 Å². The van der Waals surface area contributed by atoms with E-state index < -0.39 is 5.54 Å². The second-order valence-corrected chi connectivity index (χ2v) is 6.25. The smallest absolute Gasteiger partial charge is 0.326 e. The van der Waals surface area contributed by atoms with Crippen LogP contribution >= 0.6 is 0 Å². The van der Waals surface area contributed by atoms with Gasteiger partial charge in [0.15, 0.2) is 0 Å². The number of carbonyl (C=O) groups is 1. The first-order chi connectivity index (χ1) is 9.72. The number of nitrogens with one attached hydrogen (secondary N) is 1. The summed E-state index contributed by atoms with van der Waals surface area (Å²) in [6.07, 6.45) is 9.49. The van der Waals surface area contributed by atoms with Gasteiger partial charge in [0.2, 0.25) is 0 Å². The molecular weight excluding hydrogens is 252 g/mol. The van der Waals surface area contributed by atoms with Gasteiger partial charge < -0.3 is 15.0 Å². The van der Waals surface area contributed by atoms with Crippen molar-refractivity contribution in [1.29, 1.82) is 0 Å². The van der Waals surface area contributed by atoms with Crippen LogP contribution in [0.1, 0.15) is 58.3 Å². The summed E-state index contributed by atoms with van der Waals surface area (Å²) in [7, 11) is 1.90. The first-order valence-corrected chi connectivity index (χ1v) is 8.32. The Morgan fingerprint density at radius 2 is 1.95 bits per heavy atom. The first-order valence-electron chi connectivity index (χ1n) is 8.32. The van der Waals surface area contributed by atoms with Crippen molar-refractivity contribution in [2.75, 3.05) is 26.7 Å². The monoisotopic (exact) mass is 282 g/mol. The molecule has 0 aromatic heterocycles. The summed E-state index contributed by atoms with van der Waals surface area (Å²) < 4.78 is 5.32. The van der Waals surface area contributed by atoms with E-state index in [4.69, 9.17) is 4.74 Å². The summed E-state index contributed by atoms with van der Waals surface area (Å²) in [5.74, 6) is -0.0537. The van der Waals surface area contributed by atoms with Gasteiger partial charge in [-0.25, -0.2) is 0 Å². The Kier molecular flexibility index (Phi) is 5.85. The van der Waals surface area contributed by atoms with Crippen molar-refractivity contribution in [3.05, 3.63) is 0 Å². The lowest BCUT2D eigenvalue weighted by atomic mass is 9.78. The molecule has 20 heavy (non-hydrogen) atoms. The maximum atomic E-state index is 12.3. The van der Waals surface area contributed by atoms with Crippen molar-refractivity contribution in [3.63, 3.8) is 0 Å². The highest BCUT2D eigenvalue weighted by Gasteiger charge is 2.44. The summed E-state index contributed by atoms with van der Waals surface area (Å²) in [4.78, 5) is 15.0. The molecule has 0 radical (unpaired) electrons. The van der Waals surface area contributed by atoms with Crippen LogP contribution in [0.4, 0.5) is 0 Å². The molecule has 1 N–H and O–H groups in total. The maximum absolute atomic E-state index is 12.3. The zero-order chi connectivity index (χ0) is 14.4. The molecule has 1 heterocycles. The summed E-state index contributed by atoms with van der Waals surface area (Å²) in [6.45, 7) is 4.76. The van der Waals surface area contributed by atoms with E-state index >= 15 is 0 Å². The van der Waals surface area contributed by atoms with Crippen molar-refractivity contribution >= 4 is 5.97 Å². The Morgan fingerprint density at radius 1 is 1.25 bits per heavy atom. The molecule has 4 nitrogen and oxygen atoms in total. The number of rotatable bonds is 4. The van der Waals surface area contributed by atoms with Crippen molar-refractivity contribution in [1.82, 2.24) is 10.2 Å². The fraction of sp³-hybridized carbons (Fsp3) is 0.938. The fourth-order valence-corrected chi connectivity index (χ4v) is 3.80. The van der Waals surface area contributed by atoms with Gasteiger partial charge in [0, 0.05) is 6.04 Å². The van der Waals surface area contributed by atoms with Gasteiger partial charge in [0.25, 0.3) is 0 Å². The average Bonchev–Trinajstić information content (AvgIpc) is 2.76. The largest absolute Gasteiger partial charge is 0.465 e. The second-order valence-electron chi connectivity index (χ2n) is 6.25. The van der Waals surface area contributed by atoms with Crippen LogP contribution in [0.5, 0.6) is 0 Å². The normalized spacial score (nSPS) is 32.6. The molecule has 2 fully saturated rings. The number of carbonyl (C=O) groups excluding carboxylic acids is 1. The van der Waals surface area contributed by atoms with E-state index in [1.165, 1.54) is 45.2 Å². The lowest BCUT2D eigenvalue weighted by Gasteiger charge is -2.43. The zero-order valence-electron chi connectivity index (χ0n) is 13.1.